The Bertz CT molecular complexity index is 873. The van der Waals surface area contributed by atoms with Gasteiger partial charge in [-0.2, -0.15) is 0 Å². The average molecular weight is 305 g/mol. The molecular weight excluding hydrogens is 286 g/mol. The maximum Gasteiger partial charge on any atom is 0.278 e. The van der Waals surface area contributed by atoms with E-state index in [2.05, 4.69) is 9.97 Å². The first-order chi connectivity index (χ1) is 11.1. The third kappa shape index (κ3) is 2.93. The molecule has 0 radical (unpaired) electrons. The van der Waals surface area contributed by atoms with E-state index in [4.69, 9.17) is 0 Å². The topological polar surface area (TPSA) is 46.1 Å². The molecule has 0 spiro atoms. The van der Waals surface area contributed by atoms with E-state index in [1.54, 1.807) is 11.1 Å². The first-order valence-electron chi connectivity index (χ1n) is 7.71. The number of nitrogens with zero attached hydrogens (tertiary/aromatic N) is 3. The van der Waals surface area contributed by atoms with Crippen LogP contribution in [-0.4, -0.2) is 22.4 Å². The van der Waals surface area contributed by atoms with Crippen molar-refractivity contribution in [2.24, 2.45) is 0 Å². The summed E-state index contributed by atoms with van der Waals surface area (Å²) in [4.78, 5) is 23.5. The molecule has 0 bridgehead atoms. The summed E-state index contributed by atoms with van der Waals surface area (Å²) in [6.45, 7) is 6.58. The van der Waals surface area contributed by atoms with E-state index in [0.717, 1.165) is 27.8 Å². The summed E-state index contributed by atoms with van der Waals surface area (Å²) >= 11 is 0. The molecule has 0 aliphatic carbocycles. The molecule has 0 saturated carbocycles. The fourth-order valence-electron chi connectivity index (χ4n) is 2.63. The van der Waals surface area contributed by atoms with Crippen molar-refractivity contribution in [3.8, 4) is 0 Å². The lowest BCUT2D eigenvalue weighted by atomic mass is 10.1. The molecule has 0 aliphatic rings. The van der Waals surface area contributed by atoms with Gasteiger partial charge in [-0.15, -0.1) is 0 Å². The fourth-order valence-corrected chi connectivity index (χ4v) is 2.63. The van der Waals surface area contributed by atoms with Gasteiger partial charge in [-0.05, 0) is 50.1 Å². The standard InChI is InChI=1S/C19H19N3O/c1-4-22(18-11-13(2)9-10-14(18)3)19(23)17-12-20-15-7-5-6-8-16(15)21-17/h5-12H,4H2,1-3H3. The van der Waals surface area contributed by atoms with E-state index in [1.165, 1.54) is 0 Å². The smallest absolute Gasteiger partial charge is 0.278 e. The minimum absolute atomic E-state index is 0.126. The van der Waals surface area contributed by atoms with E-state index in [1.807, 2.05) is 63.2 Å². The molecule has 1 aromatic heterocycles. The highest BCUT2D eigenvalue weighted by Gasteiger charge is 2.19. The van der Waals surface area contributed by atoms with Gasteiger partial charge in [0.1, 0.15) is 5.69 Å². The van der Waals surface area contributed by atoms with Crippen molar-refractivity contribution < 1.29 is 4.79 Å². The van der Waals surface area contributed by atoms with Gasteiger partial charge in [0.05, 0.1) is 17.2 Å². The van der Waals surface area contributed by atoms with Crippen LogP contribution in [0.5, 0.6) is 0 Å². The predicted octanol–water partition coefficient (Wildman–Crippen LogP) is 3.91. The van der Waals surface area contributed by atoms with Gasteiger partial charge in [0.15, 0.2) is 0 Å². The third-order valence-corrected chi connectivity index (χ3v) is 3.88. The number of aryl methyl sites for hydroxylation is 2. The van der Waals surface area contributed by atoms with E-state index < -0.39 is 0 Å². The van der Waals surface area contributed by atoms with Crippen molar-refractivity contribution in [2.75, 3.05) is 11.4 Å². The number of benzene rings is 2. The van der Waals surface area contributed by atoms with Crippen molar-refractivity contribution in [1.82, 2.24) is 9.97 Å². The van der Waals surface area contributed by atoms with Crippen molar-refractivity contribution >= 4 is 22.6 Å². The number of aromatic nitrogens is 2. The van der Waals surface area contributed by atoms with Crippen LogP contribution in [0.25, 0.3) is 11.0 Å². The van der Waals surface area contributed by atoms with Gasteiger partial charge in [-0.3, -0.25) is 9.78 Å². The van der Waals surface area contributed by atoms with Gasteiger partial charge in [0.2, 0.25) is 0 Å². The molecule has 4 nitrogen and oxygen atoms in total. The van der Waals surface area contributed by atoms with Crippen LogP contribution in [0, 0.1) is 13.8 Å². The second-order valence-electron chi connectivity index (χ2n) is 5.58. The molecule has 0 aliphatic heterocycles. The number of para-hydroxylation sites is 2. The predicted molar refractivity (Wildman–Crippen MR) is 92.8 cm³/mol. The normalized spacial score (nSPS) is 10.7. The number of fused-ring (bicyclic) bond motifs is 1. The summed E-state index contributed by atoms with van der Waals surface area (Å²) in [6, 6.07) is 13.7. The Labute approximate surface area is 135 Å². The molecule has 0 saturated heterocycles. The molecule has 3 aromatic rings. The highest BCUT2D eigenvalue weighted by molar-refractivity contribution is 6.05. The van der Waals surface area contributed by atoms with Gasteiger partial charge in [0.25, 0.3) is 5.91 Å². The van der Waals surface area contributed by atoms with Crippen molar-refractivity contribution in [2.45, 2.75) is 20.8 Å². The fraction of sp³-hybridized carbons (Fsp3) is 0.211. The minimum Gasteiger partial charge on any atom is -0.307 e. The number of carbonyl (C=O) groups excluding carboxylic acids is 1. The van der Waals surface area contributed by atoms with Gasteiger partial charge < -0.3 is 4.90 Å². The monoisotopic (exact) mass is 305 g/mol. The van der Waals surface area contributed by atoms with Gasteiger partial charge >= 0.3 is 0 Å². The SMILES string of the molecule is CCN(C(=O)c1cnc2ccccc2n1)c1cc(C)ccc1C. The number of carbonyl (C=O) groups is 1. The number of anilines is 1. The maximum atomic E-state index is 12.9. The molecule has 0 N–H and O–H groups in total. The van der Waals surface area contributed by atoms with Crippen molar-refractivity contribution in [3.05, 3.63) is 65.5 Å². The molecule has 1 amide bonds. The average Bonchev–Trinajstić information content (AvgIpc) is 2.58. The van der Waals surface area contributed by atoms with Gasteiger partial charge in [-0.1, -0.05) is 24.3 Å². The summed E-state index contributed by atoms with van der Waals surface area (Å²) < 4.78 is 0. The van der Waals surface area contributed by atoms with Crippen molar-refractivity contribution in [3.63, 3.8) is 0 Å². The van der Waals surface area contributed by atoms with Crippen LogP contribution in [0.1, 0.15) is 28.5 Å². The lowest BCUT2D eigenvalue weighted by Gasteiger charge is -2.23. The first kappa shape index (κ1) is 15.2. The molecular formula is C19H19N3O. The Balaban J connectivity index is 2.03. The van der Waals surface area contributed by atoms with E-state index in [0.29, 0.717) is 12.2 Å². The largest absolute Gasteiger partial charge is 0.307 e. The number of rotatable bonds is 3. The van der Waals surface area contributed by atoms with Crippen LogP contribution in [0.3, 0.4) is 0 Å². The maximum absolute atomic E-state index is 12.9. The summed E-state index contributed by atoms with van der Waals surface area (Å²) in [7, 11) is 0. The third-order valence-electron chi connectivity index (χ3n) is 3.88. The van der Waals surface area contributed by atoms with E-state index >= 15 is 0 Å². The summed E-state index contributed by atoms with van der Waals surface area (Å²) in [5.74, 6) is -0.126. The van der Waals surface area contributed by atoms with Crippen LogP contribution in [0.4, 0.5) is 5.69 Å². The summed E-state index contributed by atoms with van der Waals surface area (Å²) in [5.41, 5.74) is 5.01. The Kier molecular flexibility index (Phi) is 4.06. The highest BCUT2D eigenvalue weighted by Crippen LogP contribution is 2.23. The van der Waals surface area contributed by atoms with E-state index in [-0.39, 0.29) is 5.91 Å². The zero-order valence-electron chi connectivity index (χ0n) is 13.6. The molecule has 116 valence electrons. The van der Waals surface area contributed by atoms with Gasteiger partial charge in [0, 0.05) is 12.2 Å². The molecule has 0 atom stereocenters. The molecule has 1 heterocycles. The zero-order chi connectivity index (χ0) is 16.4. The van der Waals surface area contributed by atoms with Crippen LogP contribution in [-0.2, 0) is 0 Å². The van der Waals surface area contributed by atoms with Gasteiger partial charge in [-0.25, -0.2) is 4.98 Å². The number of hydrogen-bond donors (Lipinski definition) is 0. The Hall–Kier alpha value is -2.75. The van der Waals surface area contributed by atoms with Crippen LogP contribution in [0.2, 0.25) is 0 Å². The molecule has 4 heteroatoms. The molecule has 3 rings (SSSR count). The zero-order valence-corrected chi connectivity index (χ0v) is 13.6. The van der Waals surface area contributed by atoms with E-state index in [9.17, 15) is 4.79 Å². The Morgan fingerprint density at radius 3 is 2.57 bits per heavy atom. The lowest BCUT2D eigenvalue weighted by Crippen LogP contribution is -2.32. The molecule has 2 aromatic carbocycles. The highest BCUT2D eigenvalue weighted by atomic mass is 16.2. The van der Waals surface area contributed by atoms with Crippen LogP contribution in [0.15, 0.2) is 48.7 Å². The number of hydrogen-bond acceptors (Lipinski definition) is 3. The Morgan fingerprint density at radius 1 is 1.09 bits per heavy atom. The minimum atomic E-state index is -0.126. The second-order valence-corrected chi connectivity index (χ2v) is 5.58. The summed E-state index contributed by atoms with van der Waals surface area (Å²) in [5, 5.41) is 0. The van der Waals surface area contributed by atoms with Crippen molar-refractivity contribution in [1.29, 1.82) is 0 Å². The van der Waals surface area contributed by atoms with Crippen LogP contribution >= 0.6 is 0 Å². The lowest BCUT2D eigenvalue weighted by molar-refractivity contribution is 0.0983. The molecule has 0 unspecified atom stereocenters. The quantitative estimate of drug-likeness (QED) is 0.737. The number of amides is 1. The Morgan fingerprint density at radius 2 is 1.83 bits per heavy atom. The molecule has 23 heavy (non-hydrogen) atoms. The first-order valence-corrected chi connectivity index (χ1v) is 7.71. The second kappa shape index (κ2) is 6.16. The molecule has 0 fully saturated rings. The summed E-state index contributed by atoms with van der Waals surface area (Å²) in [6.07, 6.45) is 1.55. The van der Waals surface area contributed by atoms with Crippen LogP contribution < -0.4 is 4.90 Å².